The molecule has 0 saturated heterocycles. The largest absolute Gasteiger partial charge is 0.419 e. The number of amidine groups is 1. The van der Waals surface area contributed by atoms with Gasteiger partial charge in [-0.05, 0) is 13.0 Å². The van der Waals surface area contributed by atoms with Crippen molar-refractivity contribution in [3.8, 4) is 11.8 Å². The number of nitrogens with two attached hydrogens (primary N) is 1. The van der Waals surface area contributed by atoms with E-state index < -0.39 is 0 Å². The smallest absolute Gasteiger partial charge is 0.240 e. The Labute approximate surface area is 92.0 Å². The molecule has 0 aliphatic carbocycles. The number of nitrogens with zero attached hydrogens (tertiary/aromatic N) is 2. The number of pyridine rings is 1. The maximum Gasteiger partial charge on any atom is 0.240 e. The van der Waals surface area contributed by atoms with Gasteiger partial charge in [0.1, 0.15) is 5.84 Å². The van der Waals surface area contributed by atoms with E-state index in [9.17, 15) is 0 Å². The first-order valence-corrected chi connectivity index (χ1v) is 4.65. The van der Waals surface area contributed by atoms with Crippen molar-refractivity contribution >= 4 is 5.84 Å². The molecule has 2 rings (SSSR count). The first-order valence-electron chi connectivity index (χ1n) is 4.65. The molecule has 6 nitrogen and oxygen atoms in total. The van der Waals surface area contributed by atoms with E-state index in [4.69, 9.17) is 15.9 Å². The van der Waals surface area contributed by atoms with Gasteiger partial charge in [0.25, 0.3) is 0 Å². The standard InChI is InChI=1S/C10H11N5O/c1-6-4-9(15-14-6)16-8-3-2-7(5-13-8)10(11)12/h2-5H,1H3,(H3,11,12)(H,14,15). The SMILES string of the molecule is Cc1cc(Oc2ccc(C(=N)N)cn2)n[nH]1. The number of nitrogens with one attached hydrogen (secondary N) is 2. The number of H-pyrrole nitrogens is 1. The third-order valence-electron chi connectivity index (χ3n) is 1.94. The number of hydrogen-bond donors (Lipinski definition) is 3. The van der Waals surface area contributed by atoms with Crippen LogP contribution in [0.25, 0.3) is 0 Å². The number of hydrogen-bond acceptors (Lipinski definition) is 4. The first-order chi connectivity index (χ1) is 7.65. The molecule has 0 amide bonds. The average Bonchev–Trinajstić information content (AvgIpc) is 2.65. The first kappa shape index (κ1) is 10.2. The van der Waals surface area contributed by atoms with Gasteiger partial charge in [-0.3, -0.25) is 10.5 Å². The summed E-state index contributed by atoms with van der Waals surface area (Å²) in [5.41, 5.74) is 6.78. The lowest BCUT2D eigenvalue weighted by molar-refractivity contribution is 0.443. The minimum atomic E-state index is -0.0188. The van der Waals surface area contributed by atoms with E-state index in [0.717, 1.165) is 5.69 Å². The summed E-state index contributed by atoms with van der Waals surface area (Å²) < 4.78 is 5.37. The molecule has 2 aromatic heterocycles. The number of aromatic amines is 1. The summed E-state index contributed by atoms with van der Waals surface area (Å²) in [5.74, 6) is 0.853. The molecule has 0 bridgehead atoms. The fourth-order valence-corrected chi connectivity index (χ4v) is 1.15. The van der Waals surface area contributed by atoms with Crippen LogP contribution >= 0.6 is 0 Å². The Morgan fingerprint density at radius 2 is 2.25 bits per heavy atom. The molecule has 0 unspecified atom stereocenters. The number of ether oxygens (including phenoxy) is 1. The molecule has 0 aliphatic rings. The Morgan fingerprint density at radius 1 is 1.44 bits per heavy atom. The number of aryl methyl sites for hydroxylation is 1. The molecular weight excluding hydrogens is 206 g/mol. The van der Waals surface area contributed by atoms with Crippen LogP contribution in [0.15, 0.2) is 24.4 Å². The van der Waals surface area contributed by atoms with Crippen LogP contribution in [-0.2, 0) is 0 Å². The van der Waals surface area contributed by atoms with Crippen molar-refractivity contribution in [2.45, 2.75) is 6.92 Å². The zero-order chi connectivity index (χ0) is 11.5. The monoisotopic (exact) mass is 217 g/mol. The van der Waals surface area contributed by atoms with Crippen LogP contribution in [0.4, 0.5) is 0 Å². The molecular formula is C10H11N5O. The highest BCUT2D eigenvalue weighted by atomic mass is 16.5. The molecule has 0 aliphatic heterocycles. The summed E-state index contributed by atoms with van der Waals surface area (Å²) in [5, 5.41) is 13.9. The molecule has 0 aromatic carbocycles. The lowest BCUT2D eigenvalue weighted by Crippen LogP contribution is -2.11. The molecule has 0 saturated carbocycles. The topological polar surface area (TPSA) is 101 Å². The molecule has 0 spiro atoms. The normalized spacial score (nSPS) is 10.1. The van der Waals surface area contributed by atoms with Gasteiger partial charge in [0.15, 0.2) is 0 Å². The van der Waals surface area contributed by atoms with Gasteiger partial charge in [-0.15, -0.1) is 5.10 Å². The van der Waals surface area contributed by atoms with Gasteiger partial charge < -0.3 is 10.5 Å². The molecule has 0 atom stereocenters. The van der Waals surface area contributed by atoms with E-state index in [1.165, 1.54) is 6.20 Å². The van der Waals surface area contributed by atoms with Gasteiger partial charge in [-0.2, -0.15) is 0 Å². The van der Waals surface area contributed by atoms with Gasteiger partial charge in [-0.1, -0.05) is 0 Å². The third kappa shape index (κ3) is 2.17. The summed E-state index contributed by atoms with van der Waals surface area (Å²) in [6.07, 6.45) is 1.48. The summed E-state index contributed by atoms with van der Waals surface area (Å²) in [4.78, 5) is 4.01. The second-order valence-electron chi connectivity index (χ2n) is 3.29. The lowest BCUT2D eigenvalue weighted by Gasteiger charge is -2.01. The van der Waals surface area contributed by atoms with E-state index in [1.54, 1.807) is 18.2 Å². The van der Waals surface area contributed by atoms with Crippen LogP contribution in [0.3, 0.4) is 0 Å². The highest BCUT2D eigenvalue weighted by Gasteiger charge is 2.03. The van der Waals surface area contributed by atoms with E-state index in [0.29, 0.717) is 17.3 Å². The second kappa shape index (κ2) is 4.01. The molecule has 4 N–H and O–H groups in total. The van der Waals surface area contributed by atoms with Crippen molar-refractivity contribution in [1.82, 2.24) is 15.2 Å². The molecule has 16 heavy (non-hydrogen) atoms. The van der Waals surface area contributed by atoms with Crippen LogP contribution in [0.1, 0.15) is 11.3 Å². The predicted molar refractivity (Wildman–Crippen MR) is 58.7 cm³/mol. The van der Waals surface area contributed by atoms with Gasteiger partial charge in [-0.25, -0.2) is 4.98 Å². The Morgan fingerprint density at radius 3 is 2.75 bits per heavy atom. The maximum absolute atomic E-state index is 7.21. The fraction of sp³-hybridized carbons (Fsp3) is 0.100. The minimum Gasteiger partial charge on any atom is -0.419 e. The van der Waals surface area contributed by atoms with Crippen LogP contribution in [0, 0.1) is 12.3 Å². The van der Waals surface area contributed by atoms with Crippen LogP contribution < -0.4 is 10.5 Å². The van der Waals surface area contributed by atoms with Crippen molar-refractivity contribution in [3.05, 3.63) is 35.7 Å². The summed E-state index contributed by atoms with van der Waals surface area (Å²) in [6.45, 7) is 1.88. The quantitative estimate of drug-likeness (QED) is 0.531. The lowest BCUT2D eigenvalue weighted by atomic mass is 10.3. The molecule has 0 fully saturated rings. The molecule has 2 heterocycles. The number of nitrogen functional groups attached to an aromatic ring is 1. The molecule has 0 radical (unpaired) electrons. The van der Waals surface area contributed by atoms with Gasteiger partial charge in [0, 0.05) is 29.6 Å². The maximum atomic E-state index is 7.21. The summed E-state index contributed by atoms with van der Waals surface area (Å²) >= 11 is 0. The van der Waals surface area contributed by atoms with Gasteiger partial charge >= 0.3 is 0 Å². The second-order valence-corrected chi connectivity index (χ2v) is 3.29. The number of rotatable bonds is 3. The zero-order valence-corrected chi connectivity index (χ0v) is 8.69. The van der Waals surface area contributed by atoms with Gasteiger partial charge in [0.2, 0.25) is 11.8 Å². The van der Waals surface area contributed by atoms with Crippen LogP contribution in [0.5, 0.6) is 11.8 Å². The summed E-state index contributed by atoms with van der Waals surface area (Å²) in [6, 6.07) is 5.07. The van der Waals surface area contributed by atoms with Crippen LogP contribution in [0.2, 0.25) is 0 Å². The minimum absolute atomic E-state index is 0.0188. The fourth-order valence-electron chi connectivity index (χ4n) is 1.15. The van der Waals surface area contributed by atoms with Crippen LogP contribution in [-0.4, -0.2) is 21.0 Å². The van der Waals surface area contributed by atoms with E-state index in [-0.39, 0.29) is 5.84 Å². The van der Waals surface area contributed by atoms with E-state index >= 15 is 0 Å². The molecule has 2 aromatic rings. The van der Waals surface area contributed by atoms with E-state index in [1.807, 2.05) is 6.92 Å². The highest BCUT2D eigenvalue weighted by molar-refractivity contribution is 5.94. The van der Waals surface area contributed by atoms with Crippen molar-refractivity contribution < 1.29 is 4.74 Å². The molecule has 6 heteroatoms. The predicted octanol–water partition coefficient (Wildman–Crippen LogP) is 1.19. The Hall–Kier alpha value is -2.37. The van der Waals surface area contributed by atoms with Crippen molar-refractivity contribution in [3.63, 3.8) is 0 Å². The summed E-state index contributed by atoms with van der Waals surface area (Å²) in [7, 11) is 0. The third-order valence-corrected chi connectivity index (χ3v) is 1.94. The number of aromatic nitrogens is 3. The van der Waals surface area contributed by atoms with E-state index in [2.05, 4.69) is 15.2 Å². The Balaban J connectivity index is 2.14. The average molecular weight is 217 g/mol. The van der Waals surface area contributed by atoms with Crippen molar-refractivity contribution in [1.29, 1.82) is 5.41 Å². The van der Waals surface area contributed by atoms with Crippen molar-refractivity contribution in [2.24, 2.45) is 5.73 Å². The highest BCUT2D eigenvalue weighted by Crippen LogP contribution is 2.17. The Bertz CT molecular complexity index is 502. The Kier molecular flexibility index (Phi) is 2.55. The molecule has 82 valence electrons. The zero-order valence-electron chi connectivity index (χ0n) is 8.69. The van der Waals surface area contributed by atoms with Crippen molar-refractivity contribution in [2.75, 3.05) is 0 Å². The van der Waals surface area contributed by atoms with Gasteiger partial charge in [0.05, 0.1) is 0 Å².